The van der Waals surface area contributed by atoms with Crippen molar-refractivity contribution in [3.63, 3.8) is 0 Å². The number of thiophene rings is 1. The normalized spacial score (nSPS) is 11.4. The summed E-state index contributed by atoms with van der Waals surface area (Å²) in [6, 6.07) is 11.1. The van der Waals surface area contributed by atoms with Crippen LogP contribution in [0.15, 0.2) is 55.0 Å². The molecule has 0 fully saturated rings. The zero-order chi connectivity index (χ0) is 24.8. The predicted octanol–water partition coefficient (Wildman–Crippen LogP) is 6.09. The molecule has 0 spiro atoms. The van der Waals surface area contributed by atoms with E-state index in [2.05, 4.69) is 54.5 Å². The average molecular weight is 498 g/mol. The van der Waals surface area contributed by atoms with Crippen molar-refractivity contribution in [1.82, 2.24) is 30.1 Å². The van der Waals surface area contributed by atoms with Crippen LogP contribution < -0.4 is 5.32 Å². The largest absolute Gasteiger partial charge is 0.335 e. The van der Waals surface area contributed by atoms with Crippen molar-refractivity contribution in [3.05, 3.63) is 65.7 Å². The summed E-state index contributed by atoms with van der Waals surface area (Å²) >= 11 is 1.70. The summed E-state index contributed by atoms with van der Waals surface area (Å²) in [5.74, 6) is -0.0837. The molecule has 0 aliphatic rings. The van der Waals surface area contributed by atoms with Crippen LogP contribution in [-0.4, -0.2) is 36.0 Å². The van der Waals surface area contributed by atoms with Crippen LogP contribution in [0.1, 0.15) is 18.2 Å². The highest BCUT2D eigenvalue weighted by Gasteiger charge is 2.19. The zero-order valence-electron chi connectivity index (χ0n) is 19.4. The van der Waals surface area contributed by atoms with Gasteiger partial charge in [0.1, 0.15) is 11.2 Å². The zero-order valence-corrected chi connectivity index (χ0v) is 20.2. The van der Waals surface area contributed by atoms with E-state index in [4.69, 9.17) is 0 Å². The fourth-order valence-corrected chi connectivity index (χ4v) is 5.05. The molecular weight excluding hydrogens is 477 g/mol. The van der Waals surface area contributed by atoms with Crippen LogP contribution in [0.5, 0.6) is 0 Å². The second-order valence-electron chi connectivity index (χ2n) is 8.37. The molecule has 0 aliphatic heterocycles. The predicted molar refractivity (Wildman–Crippen MR) is 139 cm³/mol. The van der Waals surface area contributed by atoms with E-state index in [0.717, 1.165) is 16.0 Å². The van der Waals surface area contributed by atoms with Crippen LogP contribution in [-0.2, 0) is 4.79 Å². The second-order valence-corrected chi connectivity index (χ2v) is 9.66. The molecule has 0 aliphatic carbocycles. The molecule has 5 heterocycles. The summed E-state index contributed by atoms with van der Waals surface area (Å²) in [7, 11) is 0. The van der Waals surface area contributed by atoms with Gasteiger partial charge < -0.3 is 10.3 Å². The molecule has 1 amide bonds. The molecule has 0 radical (unpaired) electrons. The van der Waals surface area contributed by atoms with Gasteiger partial charge in [0.25, 0.3) is 0 Å². The maximum Gasteiger partial charge on any atom is 0.224 e. The van der Waals surface area contributed by atoms with Gasteiger partial charge in [-0.05, 0) is 48.9 Å². The van der Waals surface area contributed by atoms with Gasteiger partial charge in [-0.2, -0.15) is 5.10 Å². The van der Waals surface area contributed by atoms with Crippen LogP contribution in [0, 0.1) is 12.7 Å². The minimum absolute atomic E-state index is 0.122. The summed E-state index contributed by atoms with van der Waals surface area (Å²) < 4.78 is 15.1. The number of aromatic nitrogens is 6. The van der Waals surface area contributed by atoms with E-state index in [9.17, 15) is 4.79 Å². The third-order valence-electron chi connectivity index (χ3n) is 5.92. The molecule has 10 heteroatoms. The smallest absolute Gasteiger partial charge is 0.224 e. The van der Waals surface area contributed by atoms with Gasteiger partial charge in [0.2, 0.25) is 5.91 Å². The lowest BCUT2D eigenvalue weighted by atomic mass is 10.0. The molecule has 1 aromatic carbocycles. The highest BCUT2D eigenvalue weighted by Crippen LogP contribution is 2.35. The fourth-order valence-electron chi connectivity index (χ4n) is 4.15. The number of carbonyl (C=O) groups is 1. The van der Waals surface area contributed by atoms with Gasteiger partial charge in [0, 0.05) is 45.1 Å². The molecule has 3 N–H and O–H groups in total. The number of imidazole rings is 1. The Balaban J connectivity index is 1.46. The van der Waals surface area contributed by atoms with Gasteiger partial charge in [-0.3, -0.25) is 14.9 Å². The van der Waals surface area contributed by atoms with E-state index in [0.29, 0.717) is 45.8 Å². The van der Waals surface area contributed by atoms with Crippen LogP contribution in [0.25, 0.3) is 55.2 Å². The average Bonchev–Trinajstić information content (AvgIpc) is 3.61. The lowest BCUT2D eigenvalue weighted by molar-refractivity contribution is -0.115. The maximum atomic E-state index is 15.1. The maximum absolute atomic E-state index is 15.1. The number of benzene rings is 1. The number of rotatable bonds is 5. The third-order valence-corrected chi connectivity index (χ3v) is 6.96. The van der Waals surface area contributed by atoms with Crippen LogP contribution in [0.4, 0.5) is 10.1 Å². The monoisotopic (exact) mass is 497 g/mol. The Labute approximate surface area is 208 Å². The van der Waals surface area contributed by atoms with Gasteiger partial charge in [0.05, 0.1) is 17.4 Å². The number of hydrogen-bond donors (Lipinski definition) is 3. The Hall–Kier alpha value is -4.44. The number of H-pyrrole nitrogens is 2. The molecule has 6 aromatic rings. The summed E-state index contributed by atoms with van der Waals surface area (Å²) in [5.41, 5.74) is 4.95. The van der Waals surface area contributed by atoms with Gasteiger partial charge in [-0.15, -0.1) is 11.3 Å². The number of aromatic amines is 2. The van der Waals surface area contributed by atoms with Crippen LogP contribution >= 0.6 is 11.3 Å². The molecular formula is C26H20FN7OS. The number of anilines is 1. The number of halogens is 1. The summed E-state index contributed by atoms with van der Waals surface area (Å²) in [6.07, 6.45) is 5.27. The Kier molecular flexibility index (Phi) is 5.30. The van der Waals surface area contributed by atoms with E-state index in [-0.39, 0.29) is 11.4 Å². The molecule has 0 saturated carbocycles. The van der Waals surface area contributed by atoms with E-state index in [1.807, 2.05) is 12.1 Å². The lowest BCUT2D eigenvalue weighted by Crippen LogP contribution is -2.09. The Bertz CT molecular complexity index is 1770. The van der Waals surface area contributed by atoms with Crippen molar-refractivity contribution < 1.29 is 9.18 Å². The first-order chi connectivity index (χ1) is 17.5. The van der Waals surface area contributed by atoms with E-state index < -0.39 is 5.82 Å². The van der Waals surface area contributed by atoms with Gasteiger partial charge in [-0.25, -0.2) is 14.4 Å². The quantitative estimate of drug-likeness (QED) is 0.267. The van der Waals surface area contributed by atoms with Crippen molar-refractivity contribution in [2.75, 3.05) is 5.32 Å². The van der Waals surface area contributed by atoms with Crippen molar-refractivity contribution >= 4 is 45.0 Å². The fraction of sp³-hybridized carbons (Fsp3) is 0.115. The number of hydrogen-bond acceptors (Lipinski definition) is 6. The minimum Gasteiger partial charge on any atom is -0.335 e. The molecule has 0 atom stereocenters. The highest BCUT2D eigenvalue weighted by molar-refractivity contribution is 7.15. The summed E-state index contributed by atoms with van der Waals surface area (Å²) in [5, 5.41) is 10.5. The van der Waals surface area contributed by atoms with Crippen molar-refractivity contribution in [2.45, 2.75) is 20.3 Å². The standard InChI is InChI=1S/C26H20FN7OS/c1-3-21(35)30-16-8-15(11-28-12-16)14-9-18-22(19(27)10-14)33-34-24(18)26-31-23-17(6-7-29-25(23)32-26)20-5-4-13(2)36-20/h4-12H,3H2,1-2H3,(H,30,35)(H,33,34)(H,29,31,32). The third kappa shape index (κ3) is 3.81. The molecule has 0 bridgehead atoms. The minimum atomic E-state index is -0.475. The van der Waals surface area contributed by atoms with Gasteiger partial charge >= 0.3 is 0 Å². The molecule has 178 valence electrons. The van der Waals surface area contributed by atoms with Crippen molar-refractivity contribution in [2.24, 2.45) is 0 Å². The summed E-state index contributed by atoms with van der Waals surface area (Å²) in [6.45, 7) is 3.84. The number of amides is 1. The number of carbonyl (C=O) groups excluding carboxylic acids is 1. The Morgan fingerprint density at radius 1 is 1.14 bits per heavy atom. The highest BCUT2D eigenvalue weighted by atomic mass is 32.1. The molecule has 5 aromatic heterocycles. The van der Waals surface area contributed by atoms with Crippen molar-refractivity contribution in [3.8, 4) is 33.1 Å². The first-order valence-corrected chi connectivity index (χ1v) is 12.2. The molecule has 36 heavy (non-hydrogen) atoms. The lowest BCUT2D eigenvalue weighted by Gasteiger charge is -2.07. The molecule has 0 unspecified atom stereocenters. The number of fused-ring (bicyclic) bond motifs is 2. The SMILES string of the molecule is CCC(=O)Nc1cncc(-c2cc(F)c3n[nH]c(-c4nc5nccc(-c6ccc(C)s6)c5[nH]4)c3c2)c1. The van der Waals surface area contributed by atoms with Crippen LogP contribution in [0.2, 0.25) is 0 Å². The molecule has 0 saturated heterocycles. The van der Waals surface area contributed by atoms with E-state index in [1.54, 1.807) is 42.9 Å². The topological polar surface area (TPSA) is 112 Å². The van der Waals surface area contributed by atoms with Gasteiger partial charge in [-0.1, -0.05) is 6.92 Å². The first-order valence-electron chi connectivity index (χ1n) is 11.3. The number of aryl methyl sites for hydroxylation is 1. The van der Waals surface area contributed by atoms with Crippen molar-refractivity contribution in [1.29, 1.82) is 0 Å². The Morgan fingerprint density at radius 2 is 2.03 bits per heavy atom. The first kappa shape index (κ1) is 22.1. The summed E-state index contributed by atoms with van der Waals surface area (Å²) in [4.78, 5) is 30.8. The van der Waals surface area contributed by atoms with E-state index in [1.165, 1.54) is 10.9 Å². The van der Waals surface area contributed by atoms with Crippen LogP contribution in [0.3, 0.4) is 0 Å². The number of nitrogens with one attached hydrogen (secondary N) is 3. The van der Waals surface area contributed by atoms with E-state index >= 15 is 4.39 Å². The molecule has 8 nitrogen and oxygen atoms in total. The number of nitrogens with zero attached hydrogens (tertiary/aromatic N) is 4. The molecule has 6 rings (SSSR count). The van der Waals surface area contributed by atoms with Gasteiger partial charge in [0.15, 0.2) is 17.3 Å². The second kappa shape index (κ2) is 8.65. The number of pyridine rings is 2. The Morgan fingerprint density at radius 3 is 2.83 bits per heavy atom.